The van der Waals surface area contributed by atoms with Gasteiger partial charge >= 0.3 is 0 Å². The maximum Gasteiger partial charge on any atom is 0.280 e. The molecule has 22 heavy (non-hydrogen) atoms. The highest BCUT2D eigenvalue weighted by Crippen LogP contribution is 2.17. The lowest BCUT2D eigenvalue weighted by Crippen LogP contribution is -2.33. The zero-order valence-electron chi connectivity index (χ0n) is 13.2. The normalized spacial score (nSPS) is 12.8. The average Bonchev–Trinajstić information content (AvgIpc) is 3.02. The molecule has 1 unspecified atom stereocenters. The van der Waals surface area contributed by atoms with Gasteiger partial charge in [0.05, 0.1) is 6.26 Å². The molecule has 1 aromatic heterocycles. The standard InChI is InChI=1S/C17H20N2O3/c1-11-7-8-15(10-12(11)2)22-14(4)17(20)19-18-13(3)16-6-5-9-21-16/h5-10,14H,1-4H3,(H,19,20)/b18-13+. The highest BCUT2D eigenvalue weighted by molar-refractivity contribution is 5.97. The second-order valence-corrected chi connectivity index (χ2v) is 5.16. The van der Waals surface area contributed by atoms with E-state index in [-0.39, 0.29) is 5.91 Å². The molecular formula is C17H20N2O3. The summed E-state index contributed by atoms with van der Waals surface area (Å²) in [5, 5.41) is 4.00. The van der Waals surface area contributed by atoms with Crippen molar-refractivity contribution in [2.75, 3.05) is 0 Å². The van der Waals surface area contributed by atoms with Gasteiger partial charge in [-0.2, -0.15) is 5.10 Å². The van der Waals surface area contributed by atoms with Crippen molar-refractivity contribution in [3.05, 3.63) is 53.5 Å². The molecule has 0 fully saturated rings. The first kappa shape index (κ1) is 15.8. The van der Waals surface area contributed by atoms with Crippen LogP contribution in [0.5, 0.6) is 5.75 Å². The summed E-state index contributed by atoms with van der Waals surface area (Å²) in [5.74, 6) is 0.963. The van der Waals surface area contributed by atoms with Crippen LogP contribution in [0.25, 0.3) is 0 Å². The Balaban J connectivity index is 1.94. The van der Waals surface area contributed by atoms with Gasteiger partial charge in [-0.25, -0.2) is 5.43 Å². The number of rotatable bonds is 5. The van der Waals surface area contributed by atoms with Gasteiger partial charge in [0, 0.05) is 0 Å². The molecule has 5 nitrogen and oxygen atoms in total. The zero-order valence-corrected chi connectivity index (χ0v) is 13.2. The molecule has 1 amide bonds. The van der Waals surface area contributed by atoms with E-state index in [1.165, 1.54) is 5.56 Å². The van der Waals surface area contributed by atoms with E-state index < -0.39 is 6.10 Å². The van der Waals surface area contributed by atoms with Crippen molar-refractivity contribution in [2.24, 2.45) is 5.10 Å². The van der Waals surface area contributed by atoms with E-state index in [0.717, 1.165) is 5.56 Å². The van der Waals surface area contributed by atoms with Gasteiger partial charge in [-0.3, -0.25) is 4.79 Å². The van der Waals surface area contributed by atoms with E-state index in [4.69, 9.17) is 9.15 Å². The molecule has 1 heterocycles. The zero-order chi connectivity index (χ0) is 16.1. The van der Waals surface area contributed by atoms with Crippen LogP contribution in [-0.4, -0.2) is 17.7 Å². The Bertz CT molecular complexity index is 675. The van der Waals surface area contributed by atoms with Crippen molar-refractivity contribution in [3.8, 4) is 5.75 Å². The van der Waals surface area contributed by atoms with Crippen molar-refractivity contribution in [2.45, 2.75) is 33.8 Å². The number of carbonyl (C=O) groups excluding carboxylic acids is 1. The first-order valence-corrected chi connectivity index (χ1v) is 7.09. The second kappa shape index (κ2) is 6.93. The van der Waals surface area contributed by atoms with Crippen molar-refractivity contribution >= 4 is 11.6 Å². The number of ether oxygens (including phenoxy) is 1. The van der Waals surface area contributed by atoms with Crippen LogP contribution in [0.4, 0.5) is 0 Å². The van der Waals surface area contributed by atoms with Gasteiger partial charge in [-0.1, -0.05) is 6.07 Å². The largest absolute Gasteiger partial charge is 0.481 e. The van der Waals surface area contributed by atoms with E-state index in [2.05, 4.69) is 10.5 Å². The van der Waals surface area contributed by atoms with Gasteiger partial charge in [-0.15, -0.1) is 0 Å². The number of nitrogens with one attached hydrogen (secondary N) is 1. The number of nitrogens with zero attached hydrogens (tertiary/aromatic N) is 1. The number of hydrogen-bond acceptors (Lipinski definition) is 4. The van der Waals surface area contributed by atoms with Crippen molar-refractivity contribution in [1.82, 2.24) is 5.43 Å². The summed E-state index contributed by atoms with van der Waals surface area (Å²) in [5.41, 5.74) is 5.38. The minimum absolute atomic E-state index is 0.316. The fraction of sp³-hybridized carbons (Fsp3) is 0.294. The van der Waals surface area contributed by atoms with Crippen LogP contribution in [0.3, 0.4) is 0 Å². The van der Waals surface area contributed by atoms with E-state index in [0.29, 0.717) is 17.2 Å². The van der Waals surface area contributed by atoms with Crippen LogP contribution < -0.4 is 10.2 Å². The summed E-state index contributed by atoms with van der Waals surface area (Å²) in [6.07, 6.45) is 0.914. The van der Waals surface area contributed by atoms with Gasteiger partial charge < -0.3 is 9.15 Å². The van der Waals surface area contributed by atoms with Gasteiger partial charge in [-0.05, 0) is 63.1 Å². The number of furan rings is 1. The van der Waals surface area contributed by atoms with Gasteiger partial charge in [0.25, 0.3) is 5.91 Å². The Kier molecular flexibility index (Phi) is 4.99. The van der Waals surface area contributed by atoms with Crippen molar-refractivity contribution in [3.63, 3.8) is 0 Å². The minimum atomic E-state index is -0.643. The molecule has 1 N–H and O–H groups in total. The van der Waals surface area contributed by atoms with E-state index in [9.17, 15) is 4.79 Å². The third-order valence-electron chi connectivity index (χ3n) is 3.37. The number of carbonyl (C=O) groups is 1. The molecule has 0 aliphatic heterocycles. The smallest absolute Gasteiger partial charge is 0.280 e. The Morgan fingerprint density at radius 1 is 1.27 bits per heavy atom. The third-order valence-corrected chi connectivity index (χ3v) is 3.37. The minimum Gasteiger partial charge on any atom is -0.481 e. The Morgan fingerprint density at radius 3 is 2.68 bits per heavy atom. The molecule has 2 rings (SSSR count). The molecule has 0 saturated carbocycles. The highest BCUT2D eigenvalue weighted by Gasteiger charge is 2.14. The van der Waals surface area contributed by atoms with Gasteiger partial charge in [0.1, 0.15) is 17.2 Å². The number of hydrazone groups is 1. The molecule has 0 bridgehead atoms. The lowest BCUT2D eigenvalue weighted by molar-refractivity contribution is -0.127. The van der Waals surface area contributed by atoms with Crippen LogP contribution in [0.1, 0.15) is 30.7 Å². The molecule has 0 saturated heterocycles. The highest BCUT2D eigenvalue weighted by atomic mass is 16.5. The molecule has 116 valence electrons. The summed E-state index contributed by atoms with van der Waals surface area (Å²) in [4.78, 5) is 12.0. The topological polar surface area (TPSA) is 63.8 Å². The summed E-state index contributed by atoms with van der Waals surface area (Å²) in [7, 11) is 0. The second-order valence-electron chi connectivity index (χ2n) is 5.16. The lowest BCUT2D eigenvalue weighted by atomic mass is 10.1. The molecule has 1 atom stereocenters. The lowest BCUT2D eigenvalue weighted by Gasteiger charge is -2.14. The molecular weight excluding hydrogens is 280 g/mol. The van der Waals surface area contributed by atoms with Gasteiger partial charge in [0.2, 0.25) is 0 Å². The van der Waals surface area contributed by atoms with Crippen LogP contribution in [0.15, 0.2) is 46.1 Å². The van der Waals surface area contributed by atoms with Crippen LogP contribution in [0.2, 0.25) is 0 Å². The fourth-order valence-corrected chi connectivity index (χ4v) is 1.81. The van der Waals surface area contributed by atoms with Crippen molar-refractivity contribution in [1.29, 1.82) is 0 Å². The third kappa shape index (κ3) is 3.97. The number of aryl methyl sites for hydroxylation is 2. The van der Waals surface area contributed by atoms with E-state index in [1.54, 1.807) is 32.2 Å². The van der Waals surface area contributed by atoms with E-state index >= 15 is 0 Å². The van der Waals surface area contributed by atoms with Crippen LogP contribution in [-0.2, 0) is 4.79 Å². The summed E-state index contributed by atoms with van der Waals surface area (Å²) >= 11 is 0. The van der Waals surface area contributed by atoms with Gasteiger partial charge in [0.15, 0.2) is 6.10 Å². The fourth-order valence-electron chi connectivity index (χ4n) is 1.81. The Hall–Kier alpha value is -2.56. The van der Waals surface area contributed by atoms with Crippen LogP contribution >= 0.6 is 0 Å². The molecule has 2 aromatic rings. The number of amides is 1. The Morgan fingerprint density at radius 2 is 2.05 bits per heavy atom. The maximum absolute atomic E-state index is 12.0. The van der Waals surface area contributed by atoms with Crippen LogP contribution in [0, 0.1) is 13.8 Å². The van der Waals surface area contributed by atoms with E-state index in [1.807, 2.05) is 32.0 Å². The first-order valence-electron chi connectivity index (χ1n) is 7.09. The summed E-state index contributed by atoms with van der Waals surface area (Å²) < 4.78 is 10.8. The van der Waals surface area contributed by atoms with Crippen molar-refractivity contribution < 1.29 is 13.9 Å². The predicted molar refractivity (Wildman–Crippen MR) is 85.1 cm³/mol. The molecule has 5 heteroatoms. The number of hydrogen-bond donors (Lipinski definition) is 1. The molecule has 0 radical (unpaired) electrons. The quantitative estimate of drug-likeness (QED) is 0.681. The SMILES string of the molecule is C/C(=N\NC(=O)C(C)Oc1ccc(C)c(C)c1)c1ccco1. The molecule has 0 aliphatic carbocycles. The Labute approximate surface area is 130 Å². The summed E-state index contributed by atoms with van der Waals surface area (Å²) in [6.45, 7) is 7.47. The maximum atomic E-state index is 12.0. The first-order chi connectivity index (χ1) is 10.5. The monoisotopic (exact) mass is 300 g/mol. The number of benzene rings is 1. The molecule has 0 spiro atoms. The molecule has 1 aromatic carbocycles. The summed E-state index contributed by atoms with van der Waals surface area (Å²) in [6, 6.07) is 9.27. The average molecular weight is 300 g/mol. The molecule has 0 aliphatic rings. The predicted octanol–water partition coefficient (Wildman–Crippen LogP) is 3.20.